The number of allylic oxidation sites excluding steroid dienone is 16. The number of hydrogen-bond donors (Lipinski definition) is 0. The number of rotatable bonds is 43. The second-order valence-electron chi connectivity index (χ2n) is 16.0. The highest BCUT2D eigenvalue weighted by Gasteiger charge is 2.19. The quantitative estimate of drug-likeness (QED) is 0.0263. The van der Waals surface area contributed by atoms with Crippen LogP contribution in [0.3, 0.4) is 0 Å². The van der Waals surface area contributed by atoms with Gasteiger partial charge < -0.3 is 14.2 Å². The molecule has 6 heteroatoms. The lowest BCUT2D eigenvalue weighted by molar-refractivity contribution is -0.167. The van der Waals surface area contributed by atoms with Crippen LogP contribution in [-0.2, 0) is 28.6 Å². The van der Waals surface area contributed by atoms with Gasteiger partial charge in [-0.3, -0.25) is 14.4 Å². The third-order valence-corrected chi connectivity index (χ3v) is 10.1. The first-order valence-electron chi connectivity index (χ1n) is 24.7. The van der Waals surface area contributed by atoms with Crippen molar-refractivity contribution in [3.63, 3.8) is 0 Å². The van der Waals surface area contributed by atoms with Crippen molar-refractivity contribution < 1.29 is 28.6 Å². The molecule has 0 radical (unpaired) electrons. The molecule has 0 heterocycles. The highest BCUT2D eigenvalue weighted by atomic mass is 16.6. The van der Waals surface area contributed by atoms with Crippen LogP contribution < -0.4 is 0 Å². The largest absolute Gasteiger partial charge is 0.462 e. The van der Waals surface area contributed by atoms with Gasteiger partial charge in [0.1, 0.15) is 13.2 Å². The Morgan fingerprint density at radius 1 is 0.344 bits per heavy atom. The van der Waals surface area contributed by atoms with Crippen LogP contribution >= 0.6 is 0 Å². The van der Waals surface area contributed by atoms with Crippen LogP contribution in [-0.4, -0.2) is 37.2 Å². The summed E-state index contributed by atoms with van der Waals surface area (Å²) in [5.74, 6) is -0.974. The fourth-order valence-corrected chi connectivity index (χ4v) is 6.42. The van der Waals surface area contributed by atoms with Crippen molar-refractivity contribution in [2.24, 2.45) is 0 Å². The SMILES string of the molecule is CC/C=C\C/C=C\C/C=C\C/C=C\CCCCCCC(=O)OCC(COC(=O)CCCCCCCCCCCCC)OC(=O)CCCC/C=C\C/C=C\C/C=C\C/C=C\CC. The normalized spacial score (nSPS) is 12.9. The van der Waals surface area contributed by atoms with E-state index >= 15 is 0 Å². The van der Waals surface area contributed by atoms with E-state index in [-0.39, 0.29) is 37.5 Å². The van der Waals surface area contributed by atoms with Crippen molar-refractivity contribution >= 4 is 17.9 Å². The number of ether oxygens (including phenoxy) is 3. The van der Waals surface area contributed by atoms with Gasteiger partial charge in [0, 0.05) is 19.3 Å². The maximum absolute atomic E-state index is 12.8. The van der Waals surface area contributed by atoms with E-state index in [1.165, 1.54) is 51.4 Å². The van der Waals surface area contributed by atoms with E-state index in [1.54, 1.807) is 0 Å². The summed E-state index contributed by atoms with van der Waals surface area (Å²) < 4.78 is 16.7. The monoisotopic (exact) mass is 847 g/mol. The van der Waals surface area contributed by atoms with Crippen LogP contribution in [0.4, 0.5) is 0 Å². The highest BCUT2D eigenvalue weighted by Crippen LogP contribution is 2.13. The maximum Gasteiger partial charge on any atom is 0.306 e. The van der Waals surface area contributed by atoms with E-state index in [4.69, 9.17) is 14.2 Å². The number of hydrogen-bond acceptors (Lipinski definition) is 6. The molecule has 6 nitrogen and oxygen atoms in total. The first kappa shape index (κ1) is 57.3. The molecule has 0 aromatic carbocycles. The molecule has 0 rings (SSSR count). The third kappa shape index (κ3) is 47.2. The molecule has 1 atom stereocenters. The molecule has 0 saturated carbocycles. The van der Waals surface area contributed by atoms with E-state index in [9.17, 15) is 14.4 Å². The first-order valence-corrected chi connectivity index (χ1v) is 24.7. The van der Waals surface area contributed by atoms with E-state index in [0.29, 0.717) is 19.3 Å². The molecular formula is C55H90O6. The van der Waals surface area contributed by atoms with Gasteiger partial charge >= 0.3 is 17.9 Å². The number of unbranched alkanes of at least 4 members (excludes halogenated alkanes) is 16. The molecule has 0 spiro atoms. The molecular weight excluding hydrogens is 757 g/mol. The fourth-order valence-electron chi connectivity index (χ4n) is 6.42. The van der Waals surface area contributed by atoms with E-state index in [2.05, 4.69) is 118 Å². The molecule has 0 aromatic rings. The van der Waals surface area contributed by atoms with Gasteiger partial charge in [0.2, 0.25) is 0 Å². The zero-order valence-electron chi connectivity index (χ0n) is 39.4. The minimum atomic E-state index is -0.807. The molecule has 0 fully saturated rings. The Labute approximate surface area is 375 Å². The van der Waals surface area contributed by atoms with Crippen LogP contribution in [0.15, 0.2) is 97.2 Å². The van der Waals surface area contributed by atoms with Crippen molar-refractivity contribution in [2.45, 2.75) is 219 Å². The maximum atomic E-state index is 12.8. The van der Waals surface area contributed by atoms with E-state index in [0.717, 1.165) is 116 Å². The van der Waals surface area contributed by atoms with Crippen molar-refractivity contribution in [2.75, 3.05) is 13.2 Å². The Hall–Kier alpha value is -3.67. The van der Waals surface area contributed by atoms with Crippen LogP contribution in [0.25, 0.3) is 0 Å². The summed E-state index contributed by atoms with van der Waals surface area (Å²) in [6.07, 6.45) is 63.9. The Morgan fingerprint density at radius 3 is 1.03 bits per heavy atom. The van der Waals surface area contributed by atoms with Crippen molar-refractivity contribution in [1.29, 1.82) is 0 Å². The van der Waals surface area contributed by atoms with Gasteiger partial charge in [-0.25, -0.2) is 0 Å². The third-order valence-electron chi connectivity index (χ3n) is 10.1. The van der Waals surface area contributed by atoms with Gasteiger partial charge in [-0.1, -0.05) is 195 Å². The lowest BCUT2D eigenvalue weighted by atomic mass is 10.1. The van der Waals surface area contributed by atoms with E-state index < -0.39 is 6.10 Å². The lowest BCUT2D eigenvalue weighted by Gasteiger charge is -2.18. The zero-order valence-corrected chi connectivity index (χ0v) is 39.4. The standard InChI is InChI=1S/C55H90O6/c1-4-7-10-13-16-19-22-24-26-27-29-30-33-36-39-42-45-48-54(57)60-51-52(50-59-53(56)47-44-41-38-35-32-21-18-15-12-9-6-3)61-55(58)49-46-43-40-37-34-31-28-25-23-20-17-14-11-8-5-2/h7-8,10-11,16-17,19-20,24-26,28-30,34,37,52H,4-6,9,12-15,18,21-23,27,31-33,35-36,38-51H2,1-3H3/b10-7-,11-8-,19-16-,20-17-,26-24-,28-25-,30-29-,37-34-. The van der Waals surface area contributed by atoms with Gasteiger partial charge in [0.15, 0.2) is 6.10 Å². The van der Waals surface area contributed by atoms with Gasteiger partial charge in [0.05, 0.1) is 0 Å². The predicted molar refractivity (Wildman–Crippen MR) is 260 cm³/mol. The van der Waals surface area contributed by atoms with Crippen LogP contribution in [0.1, 0.15) is 213 Å². The van der Waals surface area contributed by atoms with Crippen LogP contribution in [0.5, 0.6) is 0 Å². The highest BCUT2D eigenvalue weighted by molar-refractivity contribution is 5.71. The molecule has 0 N–H and O–H groups in total. The summed E-state index contributed by atoms with van der Waals surface area (Å²) in [6, 6.07) is 0. The second-order valence-corrected chi connectivity index (χ2v) is 16.0. The minimum Gasteiger partial charge on any atom is -0.462 e. The number of carbonyl (C=O) groups is 3. The molecule has 0 amide bonds. The number of carbonyl (C=O) groups excluding carboxylic acids is 3. The average molecular weight is 847 g/mol. The molecule has 346 valence electrons. The van der Waals surface area contributed by atoms with Gasteiger partial charge in [-0.15, -0.1) is 0 Å². The topological polar surface area (TPSA) is 78.9 Å². The minimum absolute atomic E-state index is 0.102. The van der Waals surface area contributed by atoms with Gasteiger partial charge in [-0.05, 0) is 96.3 Å². The van der Waals surface area contributed by atoms with Crippen molar-refractivity contribution in [3.05, 3.63) is 97.2 Å². The molecule has 0 saturated heterocycles. The Bertz CT molecular complexity index is 1250. The summed E-state index contributed by atoms with van der Waals surface area (Å²) in [5.41, 5.74) is 0. The fraction of sp³-hybridized carbons (Fsp3) is 0.655. The molecule has 0 aliphatic heterocycles. The average Bonchev–Trinajstić information content (AvgIpc) is 3.26. The summed E-state index contributed by atoms with van der Waals surface area (Å²) in [7, 11) is 0. The molecule has 61 heavy (non-hydrogen) atoms. The summed E-state index contributed by atoms with van der Waals surface area (Å²) in [4.78, 5) is 37.9. The van der Waals surface area contributed by atoms with Crippen LogP contribution in [0, 0.1) is 0 Å². The molecule has 0 bridgehead atoms. The predicted octanol–water partition coefficient (Wildman–Crippen LogP) is 16.2. The first-order chi connectivity index (χ1) is 30.0. The molecule has 0 aliphatic carbocycles. The number of esters is 3. The van der Waals surface area contributed by atoms with E-state index in [1.807, 2.05) is 0 Å². The Kier molecular flexibility index (Phi) is 46.0. The van der Waals surface area contributed by atoms with Crippen LogP contribution in [0.2, 0.25) is 0 Å². The summed E-state index contributed by atoms with van der Waals surface area (Å²) >= 11 is 0. The van der Waals surface area contributed by atoms with Gasteiger partial charge in [-0.2, -0.15) is 0 Å². The molecule has 0 aromatic heterocycles. The Balaban J connectivity index is 4.50. The van der Waals surface area contributed by atoms with Gasteiger partial charge in [0.25, 0.3) is 0 Å². The molecule has 0 aliphatic rings. The summed E-state index contributed by atoms with van der Waals surface area (Å²) in [5, 5.41) is 0. The smallest absolute Gasteiger partial charge is 0.306 e. The van der Waals surface area contributed by atoms with Crippen molar-refractivity contribution in [1.82, 2.24) is 0 Å². The molecule has 1 unspecified atom stereocenters. The zero-order chi connectivity index (χ0) is 44.4. The summed E-state index contributed by atoms with van der Waals surface area (Å²) in [6.45, 7) is 6.33. The second kappa shape index (κ2) is 49.0. The Morgan fingerprint density at radius 2 is 0.639 bits per heavy atom. The lowest BCUT2D eigenvalue weighted by Crippen LogP contribution is -2.30. The van der Waals surface area contributed by atoms with Crippen molar-refractivity contribution in [3.8, 4) is 0 Å².